The molecule has 3 N–H and O–H groups in total. The van der Waals surface area contributed by atoms with Gasteiger partial charge in [0.2, 0.25) is 5.91 Å². The van der Waals surface area contributed by atoms with Gasteiger partial charge in [0.15, 0.2) is 0 Å². The van der Waals surface area contributed by atoms with Gasteiger partial charge in [-0.15, -0.1) is 0 Å². The summed E-state index contributed by atoms with van der Waals surface area (Å²) in [5.41, 5.74) is 5.58. The van der Waals surface area contributed by atoms with Crippen molar-refractivity contribution in [1.29, 1.82) is 0 Å². The Kier molecular flexibility index (Phi) is 6.99. The van der Waals surface area contributed by atoms with E-state index in [1.807, 2.05) is 13.8 Å². The number of pyridine rings is 1. The van der Waals surface area contributed by atoms with Crippen LogP contribution in [0.3, 0.4) is 0 Å². The van der Waals surface area contributed by atoms with Crippen LogP contribution in [0.25, 0.3) is 0 Å². The Hall–Kier alpha value is -4.01. The normalized spacial score (nSPS) is 10.7. The highest BCUT2D eigenvalue weighted by Crippen LogP contribution is 2.27. The molecule has 0 radical (unpaired) electrons. The molecule has 7 nitrogen and oxygen atoms in total. The lowest BCUT2D eigenvalue weighted by atomic mass is 10.1. The number of primary amides is 1. The van der Waals surface area contributed by atoms with E-state index in [1.54, 1.807) is 12.1 Å². The highest BCUT2D eigenvalue weighted by molar-refractivity contribution is 6.06. The lowest BCUT2D eigenvalue weighted by Gasteiger charge is -2.16. The van der Waals surface area contributed by atoms with Gasteiger partial charge >= 0.3 is 0 Å². The molecule has 0 saturated heterocycles. The lowest BCUT2D eigenvalue weighted by molar-refractivity contribution is 0.0997. The van der Waals surface area contributed by atoms with Gasteiger partial charge in [-0.2, -0.15) is 0 Å². The number of amides is 2. The van der Waals surface area contributed by atoms with E-state index < -0.39 is 23.4 Å². The fraction of sp³-hybridized carbons (Fsp3) is 0.174. The van der Waals surface area contributed by atoms with Gasteiger partial charge < -0.3 is 20.5 Å². The Morgan fingerprint density at radius 2 is 1.88 bits per heavy atom. The van der Waals surface area contributed by atoms with Crippen LogP contribution >= 0.6 is 0 Å². The molecular formula is C23H21F2N3O4. The maximum absolute atomic E-state index is 13.8. The van der Waals surface area contributed by atoms with Gasteiger partial charge in [0.25, 0.3) is 5.91 Å². The van der Waals surface area contributed by atoms with Crippen molar-refractivity contribution in [2.45, 2.75) is 26.6 Å². The summed E-state index contributed by atoms with van der Waals surface area (Å²) in [6, 6.07) is 10.5. The van der Waals surface area contributed by atoms with Crippen molar-refractivity contribution in [1.82, 2.24) is 4.98 Å². The molecule has 0 aliphatic carbocycles. The largest absolute Gasteiger partial charge is 0.490 e. The van der Waals surface area contributed by atoms with Crippen LogP contribution in [0.5, 0.6) is 11.5 Å². The van der Waals surface area contributed by atoms with Crippen LogP contribution in [0, 0.1) is 11.6 Å². The summed E-state index contributed by atoms with van der Waals surface area (Å²) in [5, 5.41) is 2.61. The second-order valence-corrected chi connectivity index (χ2v) is 7.10. The average molecular weight is 441 g/mol. The highest BCUT2D eigenvalue weighted by Gasteiger charge is 2.17. The maximum atomic E-state index is 13.8. The van der Waals surface area contributed by atoms with E-state index in [9.17, 15) is 18.4 Å². The number of carbonyl (C=O) groups is 2. The summed E-state index contributed by atoms with van der Waals surface area (Å²) in [6.45, 7) is 3.39. The van der Waals surface area contributed by atoms with E-state index in [2.05, 4.69) is 10.3 Å². The van der Waals surface area contributed by atoms with Crippen molar-refractivity contribution < 1.29 is 27.8 Å². The molecule has 166 valence electrons. The van der Waals surface area contributed by atoms with Crippen LogP contribution in [-0.4, -0.2) is 22.9 Å². The number of hydrogen-bond acceptors (Lipinski definition) is 5. The molecule has 0 unspecified atom stereocenters. The molecule has 3 rings (SSSR count). The number of rotatable bonds is 8. The zero-order valence-electron chi connectivity index (χ0n) is 17.4. The smallest absolute Gasteiger partial charge is 0.260 e. The van der Waals surface area contributed by atoms with Gasteiger partial charge in [-0.1, -0.05) is 0 Å². The zero-order valence-corrected chi connectivity index (χ0v) is 17.4. The number of hydrogen-bond donors (Lipinski definition) is 2. The monoisotopic (exact) mass is 441 g/mol. The number of ether oxygens (including phenoxy) is 2. The molecule has 1 heterocycles. The number of halogens is 2. The third-order valence-corrected chi connectivity index (χ3v) is 4.25. The van der Waals surface area contributed by atoms with Crippen LogP contribution < -0.4 is 20.5 Å². The van der Waals surface area contributed by atoms with E-state index >= 15 is 0 Å². The highest BCUT2D eigenvalue weighted by atomic mass is 19.1. The number of nitrogens with one attached hydrogen (secondary N) is 1. The van der Waals surface area contributed by atoms with E-state index in [4.69, 9.17) is 15.2 Å². The molecule has 2 amide bonds. The van der Waals surface area contributed by atoms with E-state index in [0.717, 1.165) is 18.2 Å². The number of aromatic nitrogens is 1. The quantitative estimate of drug-likeness (QED) is 0.548. The van der Waals surface area contributed by atoms with Gasteiger partial charge in [0.1, 0.15) is 35.6 Å². The first-order valence-electron chi connectivity index (χ1n) is 9.67. The summed E-state index contributed by atoms with van der Waals surface area (Å²) in [7, 11) is 0. The zero-order chi connectivity index (χ0) is 23.3. The van der Waals surface area contributed by atoms with Crippen LogP contribution in [0.15, 0.2) is 54.7 Å². The number of nitrogens with two attached hydrogens (primary N) is 1. The number of nitrogens with zero attached hydrogens (tertiary/aromatic N) is 1. The minimum atomic E-state index is -0.636. The number of carbonyl (C=O) groups excluding carboxylic acids is 2. The van der Waals surface area contributed by atoms with Crippen LogP contribution in [0.2, 0.25) is 0 Å². The van der Waals surface area contributed by atoms with Crippen molar-refractivity contribution in [3.05, 3.63) is 83.1 Å². The maximum Gasteiger partial charge on any atom is 0.260 e. The summed E-state index contributed by atoms with van der Waals surface area (Å²) >= 11 is 0. The van der Waals surface area contributed by atoms with Gasteiger partial charge in [0, 0.05) is 11.8 Å². The first-order valence-corrected chi connectivity index (χ1v) is 9.67. The Morgan fingerprint density at radius 1 is 1.09 bits per heavy atom. The Labute approximate surface area is 183 Å². The summed E-state index contributed by atoms with van der Waals surface area (Å²) in [4.78, 5) is 28.0. The standard InChI is InChI=1S/C23H21F2N3O4/c1-13(2)32-20-7-5-17(31-12-15-9-16(24)4-6-19(15)25)10-18(20)23(30)28-21-8-3-14(11-27-21)22(26)29/h3-11,13H,12H2,1-2H3,(H2,26,29)(H,27,28,30). The molecule has 0 bridgehead atoms. The van der Waals surface area contributed by atoms with Gasteiger partial charge in [-0.05, 0) is 62.4 Å². The van der Waals surface area contributed by atoms with Gasteiger partial charge in [-0.3, -0.25) is 9.59 Å². The molecule has 1 aromatic heterocycles. The molecule has 2 aromatic carbocycles. The molecule has 0 saturated carbocycles. The number of anilines is 1. The summed E-state index contributed by atoms with van der Waals surface area (Å²) < 4.78 is 38.5. The van der Waals surface area contributed by atoms with Crippen LogP contribution in [0.4, 0.5) is 14.6 Å². The molecule has 3 aromatic rings. The van der Waals surface area contributed by atoms with Gasteiger partial charge in [0.05, 0.1) is 17.2 Å². The summed E-state index contributed by atoms with van der Waals surface area (Å²) in [5.74, 6) is -1.61. The fourth-order valence-electron chi connectivity index (χ4n) is 2.75. The van der Waals surface area contributed by atoms with Crippen molar-refractivity contribution in [2.75, 3.05) is 5.32 Å². The molecule has 9 heteroatoms. The van der Waals surface area contributed by atoms with Crippen molar-refractivity contribution in [3.8, 4) is 11.5 Å². The van der Waals surface area contributed by atoms with E-state index in [-0.39, 0.29) is 41.0 Å². The predicted molar refractivity (Wildman–Crippen MR) is 114 cm³/mol. The van der Waals surface area contributed by atoms with Crippen LogP contribution in [-0.2, 0) is 6.61 Å². The molecule has 0 atom stereocenters. The Balaban J connectivity index is 1.82. The van der Waals surface area contributed by atoms with Crippen molar-refractivity contribution in [3.63, 3.8) is 0 Å². The second kappa shape index (κ2) is 9.86. The SMILES string of the molecule is CC(C)Oc1ccc(OCc2cc(F)ccc2F)cc1C(=O)Nc1ccc(C(N)=O)cn1. The van der Waals surface area contributed by atoms with Crippen molar-refractivity contribution in [2.24, 2.45) is 5.73 Å². The molecule has 0 spiro atoms. The van der Waals surface area contributed by atoms with E-state index in [0.29, 0.717) is 5.75 Å². The first-order chi connectivity index (χ1) is 15.2. The molecule has 0 fully saturated rings. The molecule has 0 aliphatic heterocycles. The van der Waals surface area contributed by atoms with Gasteiger partial charge in [-0.25, -0.2) is 13.8 Å². The third-order valence-electron chi connectivity index (χ3n) is 4.25. The molecule has 0 aliphatic rings. The number of benzene rings is 2. The minimum absolute atomic E-state index is 0.0391. The minimum Gasteiger partial charge on any atom is -0.490 e. The predicted octanol–water partition coefficient (Wildman–Crippen LogP) is 4.08. The average Bonchev–Trinajstić information content (AvgIpc) is 2.75. The first kappa shape index (κ1) is 22.7. The topological polar surface area (TPSA) is 104 Å². The Bertz CT molecular complexity index is 1130. The van der Waals surface area contributed by atoms with Crippen molar-refractivity contribution >= 4 is 17.6 Å². The Morgan fingerprint density at radius 3 is 2.53 bits per heavy atom. The van der Waals surface area contributed by atoms with E-state index in [1.165, 1.54) is 24.4 Å². The second-order valence-electron chi connectivity index (χ2n) is 7.10. The molecular weight excluding hydrogens is 420 g/mol. The lowest BCUT2D eigenvalue weighted by Crippen LogP contribution is -2.17. The fourth-order valence-corrected chi connectivity index (χ4v) is 2.75. The third kappa shape index (κ3) is 5.78. The molecule has 32 heavy (non-hydrogen) atoms. The van der Waals surface area contributed by atoms with Crippen LogP contribution in [0.1, 0.15) is 40.1 Å². The summed E-state index contributed by atoms with van der Waals surface area (Å²) in [6.07, 6.45) is 1.04.